The molecule has 4 nitrogen and oxygen atoms in total. The van der Waals surface area contributed by atoms with Crippen molar-refractivity contribution in [2.24, 2.45) is 5.92 Å². The molecule has 1 aliphatic heterocycles. The maximum absolute atomic E-state index is 11.1. The van der Waals surface area contributed by atoms with Crippen LogP contribution in [0.1, 0.15) is 19.3 Å². The van der Waals surface area contributed by atoms with E-state index < -0.39 is 0 Å². The molecule has 4 heteroatoms. The third-order valence-corrected chi connectivity index (χ3v) is 2.97. The van der Waals surface area contributed by atoms with Crippen LogP contribution in [0.4, 0.5) is 0 Å². The molecule has 0 aromatic rings. The first-order chi connectivity index (χ1) is 7.22. The molecule has 0 radical (unpaired) electrons. The first-order valence-electron chi connectivity index (χ1n) is 5.82. The van der Waals surface area contributed by atoms with Gasteiger partial charge in [0.25, 0.3) is 0 Å². The van der Waals surface area contributed by atoms with Gasteiger partial charge in [-0.15, -0.1) is 0 Å². The fourth-order valence-electron chi connectivity index (χ4n) is 2.03. The number of carbonyl (C=O) groups excluding carboxylic acids is 1. The summed E-state index contributed by atoms with van der Waals surface area (Å²) in [6, 6.07) is 0. The van der Waals surface area contributed by atoms with Crippen LogP contribution in [-0.4, -0.2) is 51.1 Å². The smallest absolute Gasteiger partial charge is 0.221 e. The van der Waals surface area contributed by atoms with Crippen molar-refractivity contribution in [2.45, 2.75) is 19.3 Å². The number of amides is 1. The average molecular weight is 213 g/mol. The third-order valence-electron chi connectivity index (χ3n) is 2.97. The van der Waals surface area contributed by atoms with Gasteiger partial charge in [-0.05, 0) is 38.9 Å². The second-order valence-electron chi connectivity index (χ2n) is 4.40. The predicted octanol–water partition coefficient (Wildman–Crippen LogP) is 0.0539. The van der Waals surface area contributed by atoms with Crippen LogP contribution in [0.15, 0.2) is 0 Å². The molecule has 1 aliphatic rings. The number of hydrogen-bond acceptors (Lipinski definition) is 3. The summed E-state index contributed by atoms with van der Waals surface area (Å²) in [7, 11) is 3.78. The summed E-state index contributed by atoms with van der Waals surface area (Å²) >= 11 is 0. The SMILES string of the molecule is CNC(=O)CCN(C)CC1CCCNC1. The van der Waals surface area contributed by atoms with Crippen LogP contribution >= 0.6 is 0 Å². The zero-order chi connectivity index (χ0) is 11.1. The largest absolute Gasteiger partial charge is 0.359 e. The van der Waals surface area contributed by atoms with Gasteiger partial charge in [0.1, 0.15) is 0 Å². The molecule has 0 aliphatic carbocycles. The molecule has 0 bridgehead atoms. The Balaban J connectivity index is 2.11. The van der Waals surface area contributed by atoms with Crippen LogP contribution in [0.25, 0.3) is 0 Å². The molecule has 0 spiro atoms. The lowest BCUT2D eigenvalue weighted by molar-refractivity contribution is -0.120. The molecule has 0 aromatic heterocycles. The van der Waals surface area contributed by atoms with Gasteiger partial charge in [-0.3, -0.25) is 4.79 Å². The van der Waals surface area contributed by atoms with Crippen molar-refractivity contribution < 1.29 is 4.79 Å². The molecule has 1 heterocycles. The minimum absolute atomic E-state index is 0.128. The van der Waals surface area contributed by atoms with E-state index in [0.717, 1.165) is 25.6 Å². The summed E-state index contributed by atoms with van der Waals surface area (Å²) in [4.78, 5) is 13.3. The lowest BCUT2D eigenvalue weighted by Crippen LogP contribution is -2.37. The maximum atomic E-state index is 11.1. The fraction of sp³-hybridized carbons (Fsp3) is 0.909. The lowest BCUT2D eigenvalue weighted by atomic mass is 9.99. The van der Waals surface area contributed by atoms with E-state index >= 15 is 0 Å². The quantitative estimate of drug-likeness (QED) is 0.678. The van der Waals surface area contributed by atoms with Crippen LogP contribution < -0.4 is 10.6 Å². The standard InChI is InChI=1S/C11H23N3O/c1-12-11(15)5-7-14(2)9-10-4-3-6-13-8-10/h10,13H,3-9H2,1-2H3,(H,12,15). The van der Waals surface area contributed by atoms with Crippen molar-refractivity contribution >= 4 is 5.91 Å². The molecular formula is C11H23N3O. The van der Waals surface area contributed by atoms with Crippen LogP contribution in [0.2, 0.25) is 0 Å². The fourth-order valence-corrected chi connectivity index (χ4v) is 2.03. The Labute approximate surface area is 92.4 Å². The van der Waals surface area contributed by atoms with Crippen molar-refractivity contribution in [3.8, 4) is 0 Å². The Morgan fingerprint density at radius 2 is 2.40 bits per heavy atom. The Morgan fingerprint density at radius 3 is 3.00 bits per heavy atom. The second-order valence-corrected chi connectivity index (χ2v) is 4.40. The molecule has 1 unspecified atom stereocenters. The van der Waals surface area contributed by atoms with Gasteiger partial charge in [-0.2, -0.15) is 0 Å². The maximum Gasteiger partial charge on any atom is 0.221 e. The minimum Gasteiger partial charge on any atom is -0.359 e. The highest BCUT2D eigenvalue weighted by atomic mass is 16.1. The van der Waals surface area contributed by atoms with E-state index in [1.54, 1.807) is 7.05 Å². The van der Waals surface area contributed by atoms with E-state index in [1.165, 1.54) is 19.4 Å². The lowest BCUT2D eigenvalue weighted by Gasteiger charge is -2.27. The van der Waals surface area contributed by atoms with Gasteiger partial charge >= 0.3 is 0 Å². The molecule has 1 fully saturated rings. The second kappa shape index (κ2) is 6.80. The van der Waals surface area contributed by atoms with Gasteiger partial charge in [0, 0.05) is 26.6 Å². The number of piperidine rings is 1. The molecule has 0 saturated carbocycles. The molecule has 1 amide bonds. The first-order valence-corrected chi connectivity index (χ1v) is 5.82. The van der Waals surface area contributed by atoms with Gasteiger partial charge in [0.15, 0.2) is 0 Å². The topological polar surface area (TPSA) is 44.4 Å². The van der Waals surface area contributed by atoms with Gasteiger partial charge in [-0.1, -0.05) is 0 Å². The third kappa shape index (κ3) is 5.14. The van der Waals surface area contributed by atoms with Gasteiger partial charge in [0.05, 0.1) is 0 Å². The van der Waals surface area contributed by atoms with E-state index in [4.69, 9.17) is 0 Å². The van der Waals surface area contributed by atoms with Crippen LogP contribution in [-0.2, 0) is 4.79 Å². The molecular weight excluding hydrogens is 190 g/mol. The van der Waals surface area contributed by atoms with Crippen LogP contribution in [0, 0.1) is 5.92 Å². The van der Waals surface area contributed by atoms with Gasteiger partial charge < -0.3 is 15.5 Å². The van der Waals surface area contributed by atoms with Gasteiger partial charge in [-0.25, -0.2) is 0 Å². The van der Waals surface area contributed by atoms with E-state index in [0.29, 0.717) is 6.42 Å². The number of carbonyl (C=O) groups is 1. The van der Waals surface area contributed by atoms with E-state index in [9.17, 15) is 4.79 Å². The first kappa shape index (κ1) is 12.5. The van der Waals surface area contributed by atoms with Crippen LogP contribution in [0.3, 0.4) is 0 Å². The molecule has 15 heavy (non-hydrogen) atoms. The summed E-state index contributed by atoms with van der Waals surface area (Å²) < 4.78 is 0. The normalized spacial score (nSPS) is 21.7. The Morgan fingerprint density at radius 1 is 1.60 bits per heavy atom. The van der Waals surface area contributed by atoms with Crippen molar-refractivity contribution in [3.63, 3.8) is 0 Å². The highest BCUT2D eigenvalue weighted by Gasteiger charge is 2.14. The average Bonchev–Trinajstić information content (AvgIpc) is 2.27. The molecule has 0 aromatic carbocycles. The summed E-state index contributed by atoms with van der Waals surface area (Å²) in [6.07, 6.45) is 3.21. The van der Waals surface area contributed by atoms with Crippen molar-refractivity contribution in [3.05, 3.63) is 0 Å². The molecule has 88 valence electrons. The van der Waals surface area contributed by atoms with Gasteiger partial charge in [0.2, 0.25) is 5.91 Å². The van der Waals surface area contributed by atoms with Crippen LogP contribution in [0.5, 0.6) is 0 Å². The predicted molar refractivity (Wildman–Crippen MR) is 61.8 cm³/mol. The van der Waals surface area contributed by atoms with E-state index in [-0.39, 0.29) is 5.91 Å². The summed E-state index contributed by atoms with van der Waals surface area (Å²) in [6.45, 7) is 4.25. The summed E-state index contributed by atoms with van der Waals surface area (Å²) in [5.41, 5.74) is 0. The number of nitrogens with one attached hydrogen (secondary N) is 2. The summed E-state index contributed by atoms with van der Waals surface area (Å²) in [5, 5.41) is 6.06. The monoisotopic (exact) mass is 213 g/mol. The summed E-state index contributed by atoms with van der Waals surface area (Å²) in [5.74, 6) is 0.886. The van der Waals surface area contributed by atoms with Crippen molar-refractivity contribution in [2.75, 3.05) is 40.3 Å². The minimum atomic E-state index is 0.128. The Hall–Kier alpha value is -0.610. The molecule has 1 saturated heterocycles. The molecule has 1 rings (SSSR count). The Kier molecular flexibility index (Phi) is 5.65. The molecule has 2 N–H and O–H groups in total. The Bertz CT molecular complexity index is 190. The van der Waals surface area contributed by atoms with Crippen molar-refractivity contribution in [1.82, 2.24) is 15.5 Å². The van der Waals surface area contributed by atoms with Crippen molar-refractivity contribution in [1.29, 1.82) is 0 Å². The van der Waals surface area contributed by atoms with E-state index in [1.807, 2.05) is 0 Å². The zero-order valence-electron chi connectivity index (χ0n) is 9.88. The zero-order valence-corrected chi connectivity index (χ0v) is 9.88. The van der Waals surface area contributed by atoms with E-state index in [2.05, 4.69) is 22.6 Å². The number of hydrogen-bond donors (Lipinski definition) is 2. The highest BCUT2D eigenvalue weighted by Crippen LogP contribution is 2.10. The number of nitrogens with zero attached hydrogens (tertiary/aromatic N) is 1. The molecule has 1 atom stereocenters. The number of rotatable bonds is 5. The highest BCUT2D eigenvalue weighted by molar-refractivity contribution is 5.75.